The number of nitrogens with zero attached hydrogens (tertiary/aromatic N) is 1. The van der Waals surface area contributed by atoms with Crippen LogP contribution in [0.1, 0.15) is 12.0 Å². The lowest BCUT2D eigenvalue weighted by atomic mass is 10.0. The molecule has 0 aromatic heterocycles. The summed E-state index contributed by atoms with van der Waals surface area (Å²) in [4.78, 5) is 27.6. The molecule has 1 unspecified atom stereocenters. The molecule has 0 bridgehead atoms. The number of nitrogens with one attached hydrogen (secondary N) is 2. The van der Waals surface area contributed by atoms with Gasteiger partial charge in [0.05, 0.1) is 29.2 Å². The number of para-hydroxylation sites is 3. The maximum Gasteiger partial charge on any atom is 0.247 e. The van der Waals surface area contributed by atoms with E-state index in [-0.39, 0.29) is 29.7 Å². The Morgan fingerprint density at radius 1 is 1.06 bits per heavy atom. The molecule has 0 fully saturated rings. The minimum atomic E-state index is -3.79. The van der Waals surface area contributed by atoms with E-state index in [2.05, 4.69) is 10.6 Å². The largest absolute Gasteiger partial charge is 0.492 e. The molecule has 2 amide bonds. The van der Waals surface area contributed by atoms with E-state index in [1.165, 1.54) is 24.3 Å². The number of primary sulfonamides is 1. The zero-order valence-corrected chi connectivity index (χ0v) is 19.9. The van der Waals surface area contributed by atoms with Gasteiger partial charge >= 0.3 is 0 Å². The third-order valence-corrected chi connectivity index (χ3v) is 6.63. The van der Waals surface area contributed by atoms with Crippen molar-refractivity contribution in [2.75, 3.05) is 28.7 Å². The van der Waals surface area contributed by atoms with Crippen molar-refractivity contribution in [1.82, 2.24) is 0 Å². The lowest BCUT2D eigenvalue weighted by Gasteiger charge is -2.37. The van der Waals surface area contributed by atoms with Gasteiger partial charge in [0.15, 0.2) is 0 Å². The molecular formula is C25H26N4O5S. The monoisotopic (exact) mass is 494 g/mol. The van der Waals surface area contributed by atoms with Crippen molar-refractivity contribution in [3.8, 4) is 5.75 Å². The fraction of sp³-hybridized carbons (Fsp3) is 0.200. The molecule has 9 nitrogen and oxygen atoms in total. The van der Waals surface area contributed by atoms with Crippen molar-refractivity contribution in [1.29, 1.82) is 0 Å². The standard InChI is InChI=1S/C25H26N4O5S/c1-17-6-2-3-7-20(17)27-24(30)16-23-25(31)28-21-8-4-5-9-22(21)29(23)14-15-34-18-10-12-19(13-11-18)35(26,32)33/h2-13,23H,14-16H2,1H3,(H,27,30)(H,28,31)(H2,26,32,33). The van der Waals surface area contributed by atoms with Crippen LogP contribution in [-0.2, 0) is 19.6 Å². The number of hydrogen-bond acceptors (Lipinski definition) is 6. The molecule has 1 aliphatic rings. The number of aryl methyl sites for hydroxylation is 1. The Balaban J connectivity index is 1.48. The van der Waals surface area contributed by atoms with Gasteiger partial charge in [-0.25, -0.2) is 13.6 Å². The van der Waals surface area contributed by atoms with Crippen LogP contribution >= 0.6 is 0 Å². The van der Waals surface area contributed by atoms with Crippen LogP contribution < -0.4 is 25.4 Å². The molecule has 1 atom stereocenters. The Morgan fingerprint density at radius 2 is 1.74 bits per heavy atom. The predicted octanol–water partition coefficient (Wildman–Crippen LogP) is 2.88. The van der Waals surface area contributed by atoms with Gasteiger partial charge < -0.3 is 20.3 Å². The average Bonchev–Trinajstić information content (AvgIpc) is 2.82. The Labute approximate surface area is 203 Å². The normalized spacial score (nSPS) is 15.2. The molecule has 3 aromatic carbocycles. The molecule has 1 aliphatic heterocycles. The van der Waals surface area contributed by atoms with Crippen LogP contribution in [0.3, 0.4) is 0 Å². The number of fused-ring (bicyclic) bond motifs is 1. The maximum atomic E-state index is 12.9. The SMILES string of the molecule is Cc1ccccc1NC(=O)CC1C(=O)Nc2ccccc2N1CCOc1ccc(S(N)(=O)=O)cc1. The first-order valence-corrected chi connectivity index (χ1v) is 12.5. The topological polar surface area (TPSA) is 131 Å². The van der Waals surface area contributed by atoms with E-state index in [9.17, 15) is 18.0 Å². The van der Waals surface area contributed by atoms with Crippen LogP contribution in [0.5, 0.6) is 5.75 Å². The quantitative estimate of drug-likeness (QED) is 0.441. The number of nitrogens with two attached hydrogens (primary N) is 1. The van der Waals surface area contributed by atoms with E-state index in [4.69, 9.17) is 9.88 Å². The summed E-state index contributed by atoms with van der Waals surface area (Å²) in [6.07, 6.45) is -0.0441. The van der Waals surface area contributed by atoms with Crippen molar-refractivity contribution in [2.24, 2.45) is 5.14 Å². The van der Waals surface area contributed by atoms with Crippen molar-refractivity contribution in [3.05, 3.63) is 78.4 Å². The van der Waals surface area contributed by atoms with E-state index in [0.717, 1.165) is 11.3 Å². The minimum Gasteiger partial charge on any atom is -0.492 e. The zero-order valence-electron chi connectivity index (χ0n) is 19.1. The summed E-state index contributed by atoms with van der Waals surface area (Å²) in [6.45, 7) is 2.42. The second-order valence-corrected chi connectivity index (χ2v) is 9.71. The lowest BCUT2D eigenvalue weighted by Crippen LogP contribution is -2.51. The summed E-state index contributed by atoms with van der Waals surface area (Å²) in [6, 6.07) is 19.8. The molecule has 35 heavy (non-hydrogen) atoms. The first kappa shape index (κ1) is 24.2. The predicted molar refractivity (Wildman–Crippen MR) is 134 cm³/mol. The molecule has 1 heterocycles. The first-order chi connectivity index (χ1) is 16.7. The Kier molecular flexibility index (Phi) is 7.04. The second-order valence-electron chi connectivity index (χ2n) is 8.15. The highest BCUT2D eigenvalue weighted by molar-refractivity contribution is 7.89. The lowest BCUT2D eigenvalue weighted by molar-refractivity contribution is -0.122. The highest BCUT2D eigenvalue weighted by Crippen LogP contribution is 2.33. The van der Waals surface area contributed by atoms with Gasteiger partial charge in [-0.1, -0.05) is 30.3 Å². The fourth-order valence-corrected chi connectivity index (χ4v) is 4.43. The van der Waals surface area contributed by atoms with Gasteiger partial charge in [0, 0.05) is 5.69 Å². The van der Waals surface area contributed by atoms with Gasteiger partial charge in [0.25, 0.3) is 0 Å². The van der Waals surface area contributed by atoms with Crippen LogP contribution in [-0.4, -0.2) is 39.4 Å². The zero-order chi connectivity index (χ0) is 25.0. The van der Waals surface area contributed by atoms with Gasteiger partial charge in [0.2, 0.25) is 21.8 Å². The van der Waals surface area contributed by atoms with Crippen LogP contribution in [0.4, 0.5) is 17.1 Å². The van der Waals surface area contributed by atoms with Crippen molar-refractivity contribution < 1.29 is 22.7 Å². The Morgan fingerprint density at radius 3 is 2.46 bits per heavy atom. The summed E-state index contributed by atoms with van der Waals surface area (Å²) < 4.78 is 28.6. The number of carbonyl (C=O) groups is 2. The Hall–Kier alpha value is -3.89. The van der Waals surface area contributed by atoms with E-state index < -0.39 is 16.1 Å². The average molecular weight is 495 g/mol. The summed E-state index contributed by atoms with van der Waals surface area (Å²) >= 11 is 0. The molecule has 10 heteroatoms. The third-order valence-electron chi connectivity index (χ3n) is 5.70. The summed E-state index contributed by atoms with van der Waals surface area (Å²) in [5.74, 6) is -0.0922. The number of anilines is 3. The molecular weight excluding hydrogens is 468 g/mol. The van der Waals surface area contributed by atoms with Gasteiger partial charge in [0.1, 0.15) is 18.4 Å². The molecule has 0 spiro atoms. The van der Waals surface area contributed by atoms with E-state index >= 15 is 0 Å². The minimum absolute atomic E-state index is 0.00814. The smallest absolute Gasteiger partial charge is 0.247 e. The molecule has 0 saturated heterocycles. The van der Waals surface area contributed by atoms with E-state index in [1.807, 2.05) is 54.3 Å². The van der Waals surface area contributed by atoms with Crippen LogP contribution in [0, 0.1) is 6.92 Å². The van der Waals surface area contributed by atoms with Crippen molar-refractivity contribution in [3.63, 3.8) is 0 Å². The van der Waals surface area contributed by atoms with Crippen LogP contribution in [0.2, 0.25) is 0 Å². The number of rotatable bonds is 8. The molecule has 0 saturated carbocycles. The number of amides is 2. The summed E-state index contributed by atoms with van der Waals surface area (Å²) in [5, 5.41) is 10.9. The maximum absolute atomic E-state index is 12.9. The van der Waals surface area contributed by atoms with Crippen LogP contribution in [0.25, 0.3) is 0 Å². The van der Waals surface area contributed by atoms with E-state index in [0.29, 0.717) is 23.7 Å². The van der Waals surface area contributed by atoms with Gasteiger partial charge in [-0.05, 0) is 55.0 Å². The highest BCUT2D eigenvalue weighted by atomic mass is 32.2. The van der Waals surface area contributed by atoms with Crippen molar-refractivity contribution in [2.45, 2.75) is 24.3 Å². The van der Waals surface area contributed by atoms with Crippen LogP contribution in [0.15, 0.2) is 77.7 Å². The molecule has 3 aromatic rings. The molecule has 4 rings (SSSR count). The number of sulfonamides is 1. The fourth-order valence-electron chi connectivity index (χ4n) is 3.91. The van der Waals surface area contributed by atoms with Crippen molar-refractivity contribution >= 4 is 38.9 Å². The molecule has 182 valence electrons. The first-order valence-electron chi connectivity index (χ1n) is 11.0. The third kappa shape index (κ3) is 5.79. The molecule has 0 aliphatic carbocycles. The van der Waals surface area contributed by atoms with E-state index in [1.54, 1.807) is 6.07 Å². The second kappa shape index (κ2) is 10.2. The molecule has 4 N–H and O–H groups in total. The number of hydrogen-bond donors (Lipinski definition) is 3. The van der Waals surface area contributed by atoms with Gasteiger partial charge in [-0.15, -0.1) is 0 Å². The molecule has 0 radical (unpaired) electrons. The summed E-state index contributed by atoms with van der Waals surface area (Å²) in [7, 11) is -3.79. The van der Waals surface area contributed by atoms with Gasteiger partial charge in [-0.2, -0.15) is 0 Å². The number of ether oxygens (including phenoxy) is 1. The van der Waals surface area contributed by atoms with Gasteiger partial charge in [-0.3, -0.25) is 9.59 Å². The Bertz CT molecular complexity index is 1340. The highest BCUT2D eigenvalue weighted by Gasteiger charge is 2.34. The number of carbonyl (C=O) groups excluding carboxylic acids is 2. The summed E-state index contributed by atoms with van der Waals surface area (Å²) in [5.41, 5.74) is 3.07. The number of benzene rings is 3.